The highest BCUT2D eigenvalue weighted by molar-refractivity contribution is 5.37. The van der Waals surface area contributed by atoms with E-state index >= 15 is 0 Å². The lowest BCUT2D eigenvalue weighted by molar-refractivity contribution is -0.0507. The molecule has 0 saturated carbocycles. The van der Waals surface area contributed by atoms with Gasteiger partial charge in [-0.25, -0.2) is 4.39 Å². The number of benzene rings is 2. The summed E-state index contributed by atoms with van der Waals surface area (Å²) in [5.74, 6) is 5.25. The first-order valence-corrected chi connectivity index (χ1v) is 6.34. The minimum absolute atomic E-state index is 0.0672. The molecule has 0 heterocycles. The number of alkyl halides is 2. The Morgan fingerprint density at radius 2 is 1.71 bits per heavy atom. The van der Waals surface area contributed by atoms with Crippen molar-refractivity contribution >= 4 is 0 Å². The molecule has 0 aliphatic carbocycles. The fourth-order valence-electron chi connectivity index (χ4n) is 2.09. The van der Waals surface area contributed by atoms with E-state index in [9.17, 15) is 13.2 Å². The van der Waals surface area contributed by atoms with E-state index in [-0.39, 0.29) is 11.6 Å². The fraction of sp³-hybridized carbons (Fsp3) is 0.200. The van der Waals surface area contributed by atoms with Gasteiger partial charge in [-0.3, -0.25) is 11.3 Å². The summed E-state index contributed by atoms with van der Waals surface area (Å²) in [4.78, 5) is 0. The molecule has 1 atom stereocenters. The predicted octanol–water partition coefficient (Wildman–Crippen LogP) is 3.17. The van der Waals surface area contributed by atoms with Gasteiger partial charge in [-0.2, -0.15) is 8.78 Å². The molecule has 0 aromatic heterocycles. The average Bonchev–Trinajstić information content (AvgIpc) is 2.47. The smallest absolute Gasteiger partial charge is 0.387 e. The summed E-state index contributed by atoms with van der Waals surface area (Å²) in [6.45, 7) is -2.91. The number of rotatable bonds is 6. The van der Waals surface area contributed by atoms with Crippen molar-refractivity contribution in [3.05, 3.63) is 65.5 Å². The Morgan fingerprint density at radius 3 is 2.33 bits per heavy atom. The van der Waals surface area contributed by atoms with Crippen LogP contribution in [-0.4, -0.2) is 6.61 Å². The number of halogens is 3. The number of nitrogens with one attached hydrogen (secondary N) is 1. The summed E-state index contributed by atoms with van der Waals surface area (Å²) in [5.41, 5.74) is 3.92. The third kappa shape index (κ3) is 4.21. The van der Waals surface area contributed by atoms with Crippen molar-refractivity contribution in [1.82, 2.24) is 5.43 Å². The molecule has 0 spiro atoms. The maximum absolute atomic E-state index is 12.9. The van der Waals surface area contributed by atoms with E-state index in [0.29, 0.717) is 12.0 Å². The highest BCUT2D eigenvalue weighted by Crippen LogP contribution is 2.28. The van der Waals surface area contributed by atoms with Crippen molar-refractivity contribution in [3.8, 4) is 5.75 Å². The van der Waals surface area contributed by atoms with Gasteiger partial charge < -0.3 is 4.74 Å². The van der Waals surface area contributed by atoms with Crippen LogP contribution in [0.2, 0.25) is 0 Å². The standard InChI is InChI=1S/C15H15F3N2O/c16-11-7-5-10(6-8-11)9-13(20-19)12-3-1-2-4-14(12)21-15(17)18/h1-8,13,15,20H,9,19H2. The van der Waals surface area contributed by atoms with Crippen LogP contribution in [0.15, 0.2) is 48.5 Å². The molecule has 0 aliphatic heterocycles. The molecule has 0 aliphatic rings. The van der Waals surface area contributed by atoms with Gasteiger partial charge in [-0.1, -0.05) is 30.3 Å². The van der Waals surface area contributed by atoms with E-state index in [0.717, 1.165) is 5.56 Å². The normalized spacial score (nSPS) is 12.4. The average molecular weight is 296 g/mol. The Bertz CT molecular complexity index is 575. The molecule has 2 aromatic rings. The van der Waals surface area contributed by atoms with Crippen LogP contribution < -0.4 is 16.0 Å². The van der Waals surface area contributed by atoms with Crippen molar-refractivity contribution in [3.63, 3.8) is 0 Å². The van der Waals surface area contributed by atoms with Crippen LogP contribution in [0.5, 0.6) is 5.75 Å². The first-order chi connectivity index (χ1) is 10.1. The van der Waals surface area contributed by atoms with Gasteiger partial charge in [-0.05, 0) is 30.2 Å². The van der Waals surface area contributed by atoms with Gasteiger partial charge >= 0.3 is 6.61 Å². The first-order valence-electron chi connectivity index (χ1n) is 6.34. The molecule has 112 valence electrons. The van der Waals surface area contributed by atoms with Gasteiger partial charge in [0.1, 0.15) is 11.6 Å². The topological polar surface area (TPSA) is 47.3 Å². The molecule has 21 heavy (non-hydrogen) atoms. The summed E-state index contributed by atoms with van der Waals surface area (Å²) >= 11 is 0. The van der Waals surface area contributed by atoms with E-state index in [2.05, 4.69) is 10.2 Å². The van der Waals surface area contributed by atoms with Crippen LogP contribution in [0.3, 0.4) is 0 Å². The maximum atomic E-state index is 12.9. The fourth-order valence-corrected chi connectivity index (χ4v) is 2.09. The van der Waals surface area contributed by atoms with E-state index in [4.69, 9.17) is 5.84 Å². The van der Waals surface area contributed by atoms with E-state index in [1.165, 1.54) is 18.2 Å². The number of para-hydroxylation sites is 1. The molecule has 0 radical (unpaired) electrons. The van der Waals surface area contributed by atoms with Crippen molar-refractivity contribution in [2.75, 3.05) is 0 Å². The summed E-state index contributed by atoms with van der Waals surface area (Å²) in [5, 5.41) is 0. The Kier molecular flexibility index (Phi) is 5.19. The zero-order valence-corrected chi connectivity index (χ0v) is 11.1. The number of hydrazine groups is 1. The third-order valence-corrected chi connectivity index (χ3v) is 3.06. The highest BCUT2D eigenvalue weighted by atomic mass is 19.3. The quantitative estimate of drug-likeness (QED) is 0.636. The second kappa shape index (κ2) is 7.10. The van der Waals surface area contributed by atoms with Gasteiger partial charge in [-0.15, -0.1) is 0 Å². The van der Waals surface area contributed by atoms with Gasteiger partial charge in [0.2, 0.25) is 0 Å². The van der Waals surface area contributed by atoms with Crippen molar-refractivity contribution in [2.24, 2.45) is 5.84 Å². The van der Waals surface area contributed by atoms with Gasteiger partial charge in [0, 0.05) is 5.56 Å². The van der Waals surface area contributed by atoms with E-state index in [1.807, 2.05) is 0 Å². The molecule has 3 N–H and O–H groups in total. The molecule has 1 unspecified atom stereocenters. The lowest BCUT2D eigenvalue weighted by atomic mass is 9.98. The van der Waals surface area contributed by atoms with Crippen LogP contribution in [-0.2, 0) is 6.42 Å². The molecular weight excluding hydrogens is 281 g/mol. The second-order valence-corrected chi connectivity index (χ2v) is 4.47. The lowest BCUT2D eigenvalue weighted by Gasteiger charge is -2.19. The summed E-state index contributed by atoms with van der Waals surface area (Å²) in [7, 11) is 0. The van der Waals surface area contributed by atoms with E-state index < -0.39 is 12.7 Å². The Hall–Kier alpha value is -2.05. The molecule has 0 bridgehead atoms. The molecule has 0 amide bonds. The lowest BCUT2D eigenvalue weighted by Crippen LogP contribution is -2.30. The summed E-state index contributed by atoms with van der Waals surface area (Å²) < 4.78 is 42.2. The van der Waals surface area contributed by atoms with Gasteiger partial charge in [0.25, 0.3) is 0 Å². The number of ether oxygens (including phenoxy) is 1. The SMILES string of the molecule is NNC(Cc1ccc(F)cc1)c1ccccc1OC(F)F. The highest BCUT2D eigenvalue weighted by Gasteiger charge is 2.17. The molecule has 0 saturated heterocycles. The molecule has 2 aromatic carbocycles. The van der Waals surface area contributed by atoms with E-state index in [1.54, 1.807) is 30.3 Å². The largest absolute Gasteiger partial charge is 0.434 e. The van der Waals surface area contributed by atoms with Gasteiger partial charge in [0.05, 0.1) is 6.04 Å². The Labute approximate surface area is 120 Å². The Morgan fingerprint density at radius 1 is 1.05 bits per heavy atom. The van der Waals surface area contributed by atoms with Crippen molar-refractivity contribution < 1.29 is 17.9 Å². The summed E-state index contributed by atoms with van der Waals surface area (Å²) in [6, 6.07) is 11.9. The Balaban J connectivity index is 2.22. The monoisotopic (exact) mass is 296 g/mol. The zero-order valence-electron chi connectivity index (χ0n) is 11.1. The maximum Gasteiger partial charge on any atom is 0.387 e. The van der Waals surface area contributed by atoms with Crippen LogP contribution in [0.25, 0.3) is 0 Å². The number of hydrogen-bond acceptors (Lipinski definition) is 3. The summed E-state index contributed by atoms with van der Waals surface area (Å²) in [6.07, 6.45) is 0.417. The zero-order chi connectivity index (χ0) is 15.2. The predicted molar refractivity (Wildman–Crippen MR) is 73.2 cm³/mol. The minimum Gasteiger partial charge on any atom is -0.434 e. The van der Waals surface area contributed by atoms with Crippen LogP contribution in [0.4, 0.5) is 13.2 Å². The van der Waals surface area contributed by atoms with Gasteiger partial charge in [0.15, 0.2) is 0 Å². The molecule has 2 rings (SSSR count). The third-order valence-electron chi connectivity index (χ3n) is 3.06. The minimum atomic E-state index is -2.91. The first kappa shape index (κ1) is 15.3. The second-order valence-electron chi connectivity index (χ2n) is 4.47. The van der Waals surface area contributed by atoms with Crippen LogP contribution >= 0.6 is 0 Å². The van der Waals surface area contributed by atoms with Crippen molar-refractivity contribution in [1.29, 1.82) is 0 Å². The van der Waals surface area contributed by atoms with Crippen molar-refractivity contribution in [2.45, 2.75) is 19.1 Å². The van der Waals surface area contributed by atoms with Crippen LogP contribution in [0, 0.1) is 5.82 Å². The molecule has 6 heteroatoms. The molecule has 0 fully saturated rings. The van der Waals surface area contributed by atoms with Crippen LogP contribution in [0.1, 0.15) is 17.2 Å². The molecular formula is C15H15F3N2O. The number of hydrogen-bond donors (Lipinski definition) is 2. The number of nitrogens with two attached hydrogens (primary N) is 1. The molecule has 3 nitrogen and oxygen atoms in total.